The van der Waals surface area contributed by atoms with E-state index in [0.717, 1.165) is 37.7 Å². The molecule has 0 bridgehead atoms. The van der Waals surface area contributed by atoms with Gasteiger partial charge in [-0.3, -0.25) is 4.79 Å². The normalized spacial score (nSPS) is 14.5. The molecule has 1 amide bonds. The first-order valence-corrected chi connectivity index (χ1v) is 13.0. The van der Waals surface area contributed by atoms with Crippen molar-refractivity contribution in [1.29, 1.82) is 0 Å². The second-order valence-electron chi connectivity index (χ2n) is 10.5. The number of phenols is 1. The summed E-state index contributed by atoms with van der Waals surface area (Å²) in [5, 5.41) is 10.8. The number of nitrogens with zero attached hydrogens (tertiary/aromatic N) is 1. The number of anilines is 1. The highest BCUT2D eigenvalue weighted by molar-refractivity contribution is 5.95. The number of phenolic OH excluding ortho intramolecular Hbond substituents is 1. The van der Waals surface area contributed by atoms with Crippen molar-refractivity contribution in [3.05, 3.63) is 71.3 Å². The molecule has 0 atom stereocenters. The Labute approximate surface area is 224 Å². The Morgan fingerprint density at radius 2 is 1.61 bits per heavy atom. The standard InChI is InChI=1S/C31H37NO6/c1-31(2,3)38-29(35)18-15-23-13-16-25(27(33)20-23)21-32(30(36)24-10-6-5-7-11-24)26-12-8-9-22(19-26)14-17-28(34)37-4/h8-9,12-20,24,33H,5-7,10-11,21H2,1-4H3/b17-14+,18-15+. The number of carbonyl (C=O) groups is 3. The van der Waals surface area contributed by atoms with Crippen LogP contribution in [0.1, 0.15) is 69.6 Å². The number of aromatic hydroxyl groups is 1. The molecule has 2 aromatic rings. The third-order valence-electron chi connectivity index (χ3n) is 6.27. The molecular weight excluding hydrogens is 482 g/mol. The average Bonchev–Trinajstić information content (AvgIpc) is 2.89. The Balaban J connectivity index is 1.86. The summed E-state index contributed by atoms with van der Waals surface area (Å²) in [4.78, 5) is 38.9. The Bertz CT molecular complexity index is 1200. The van der Waals surface area contributed by atoms with E-state index in [1.807, 2.05) is 24.3 Å². The van der Waals surface area contributed by atoms with Gasteiger partial charge in [-0.05, 0) is 75.1 Å². The van der Waals surface area contributed by atoms with Crippen LogP contribution in [0.5, 0.6) is 5.75 Å². The monoisotopic (exact) mass is 519 g/mol. The predicted molar refractivity (Wildman–Crippen MR) is 148 cm³/mol. The Kier molecular flexibility index (Phi) is 9.88. The second kappa shape index (κ2) is 13.1. The minimum absolute atomic E-state index is 0.0205. The van der Waals surface area contributed by atoms with Gasteiger partial charge < -0.3 is 19.5 Å². The number of hydrogen-bond acceptors (Lipinski definition) is 6. The maximum atomic E-state index is 13.7. The van der Waals surface area contributed by atoms with Crippen LogP contribution in [0.4, 0.5) is 5.69 Å². The first kappa shape index (κ1) is 28.7. The molecule has 38 heavy (non-hydrogen) atoms. The van der Waals surface area contributed by atoms with Crippen molar-refractivity contribution in [3.63, 3.8) is 0 Å². The van der Waals surface area contributed by atoms with Gasteiger partial charge in [0, 0.05) is 29.3 Å². The van der Waals surface area contributed by atoms with Crippen molar-refractivity contribution >= 4 is 35.7 Å². The number of benzene rings is 2. The molecule has 0 heterocycles. The maximum absolute atomic E-state index is 13.7. The quantitative estimate of drug-likeness (QED) is 0.337. The number of esters is 2. The summed E-state index contributed by atoms with van der Waals surface area (Å²) in [6.45, 7) is 5.57. The summed E-state index contributed by atoms with van der Waals surface area (Å²) in [7, 11) is 1.32. The molecule has 0 unspecified atom stereocenters. The molecule has 1 aliphatic rings. The smallest absolute Gasteiger partial charge is 0.331 e. The van der Waals surface area contributed by atoms with Crippen LogP contribution in [0.25, 0.3) is 12.2 Å². The first-order chi connectivity index (χ1) is 18.1. The van der Waals surface area contributed by atoms with Gasteiger partial charge in [-0.25, -0.2) is 9.59 Å². The lowest BCUT2D eigenvalue weighted by molar-refractivity contribution is -0.148. The van der Waals surface area contributed by atoms with Gasteiger partial charge in [-0.1, -0.05) is 43.5 Å². The van der Waals surface area contributed by atoms with Gasteiger partial charge in [-0.15, -0.1) is 0 Å². The minimum atomic E-state index is -0.589. The number of methoxy groups -OCH3 is 1. The van der Waals surface area contributed by atoms with Gasteiger partial charge in [0.2, 0.25) is 5.91 Å². The van der Waals surface area contributed by atoms with Crippen LogP contribution in [0.15, 0.2) is 54.6 Å². The third kappa shape index (κ3) is 8.61. The van der Waals surface area contributed by atoms with Crippen LogP contribution in [0.3, 0.4) is 0 Å². The summed E-state index contributed by atoms with van der Waals surface area (Å²) >= 11 is 0. The van der Waals surface area contributed by atoms with Crippen LogP contribution in [-0.4, -0.2) is 35.7 Å². The summed E-state index contributed by atoms with van der Waals surface area (Å²) in [5.41, 5.74) is 2.06. The zero-order valence-corrected chi connectivity index (χ0v) is 22.6. The van der Waals surface area contributed by atoms with E-state index in [0.29, 0.717) is 16.8 Å². The fraction of sp³-hybridized carbons (Fsp3) is 0.387. The second-order valence-corrected chi connectivity index (χ2v) is 10.5. The van der Waals surface area contributed by atoms with Crippen molar-refractivity contribution in [2.45, 2.75) is 65.0 Å². The zero-order valence-electron chi connectivity index (χ0n) is 22.6. The van der Waals surface area contributed by atoms with Crippen molar-refractivity contribution in [2.24, 2.45) is 5.92 Å². The molecule has 202 valence electrons. The Morgan fingerprint density at radius 3 is 2.24 bits per heavy atom. The Hall–Kier alpha value is -3.87. The number of hydrogen-bond donors (Lipinski definition) is 1. The lowest BCUT2D eigenvalue weighted by Gasteiger charge is -2.30. The summed E-state index contributed by atoms with van der Waals surface area (Å²) in [5.74, 6) is -0.953. The number of amides is 1. The van der Waals surface area contributed by atoms with Crippen molar-refractivity contribution in [1.82, 2.24) is 0 Å². The lowest BCUT2D eigenvalue weighted by Crippen LogP contribution is -2.36. The molecule has 0 saturated heterocycles. The Morgan fingerprint density at radius 1 is 0.947 bits per heavy atom. The fourth-order valence-electron chi connectivity index (χ4n) is 4.38. The highest BCUT2D eigenvalue weighted by Gasteiger charge is 2.28. The predicted octanol–water partition coefficient (Wildman–Crippen LogP) is 6.05. The van der Waals surface area contributed by atoms with Crippen molar-refractivity contribution in [3.8, 4) is 5.75 Å². The van der Waals surface area contributed by atoms with Crippen molar-refractivity contribution in [2.75, 3.05) is 12.0 Å². The van der Waals surface area contributed by atoms with E-state index in [-0.39, 0.29) is 24.1 Å². The van der Waals surface area contributed by atoms with Crippen molar-refractivity contribution < 1.29 is 29.0 Å². The SMILES string of the molecule is COC(=O)/C=C/c1cccc(N(Cc2ccc(/C=C/C(=O)OC(C)(C)C)cc2O)C(=O)C2CCCCC2)c1. The minimum Gasteiger partial charge on any atom is -0.508 e. The van der Waals surface area contributed by atoms with Crippen LogP contribution in [0.2, 0.25) is 0 Å². The number of carbonyl (C=O) groups excluding carboxylic acids is 3. The molecule has 7 nitrogen and oxygen atoms in total. The molecule has 0 aliphatic heterocycles. The van der Waals surface area contributed by atoms with E-state index in [2.05, 4.69) is 4.74 Å². The zero-order chi connectivity index (χ0) is 27.7. The highest BCUT2D eigenvalue weighted by Crippen LogP contribution is 2.31. The van der Waals surface area contributed by atoms with E-state index in [1.54, 1.807) is 56.0 Å². The number of rotatable bonds is 8. The van der Waals surface area contributed by atoms with E-state index < -0.39 is 17.5 Å². The van der Waals surface area contributed by atoms with E-state index >= 15 is 0 Å². The lowest BCUT2D eigenvalue weighted by atomic mass is 9.88. The molecule has 2 aromatic carbocycles. The van der Waals surface area contributed by atoms with Gasteiger partial charge in [0.15, 0.2) is 0 Å². The molecule has 0 radical (unpaired) electrons. The third-order valence-corrected chi connectivity index (χ3v) is 6.27. The highest BCUT2D eigenvalue weighted by atomic mass is 16.6. The van der Waals surface area contributed by atoms with Gasteiger partial charge in [-0.2, -0.15) is 0 Å². The molecule has 1 fully saturated rings. The first-order valence-electron chi connectivity index (χ1n) is 13.0. The average molecular weight is 520 g/mol. The largest absolute Gasteiger partial charge is 0.508 e. The van der Waals surface area contributed by atoms with Crippen LogP contribution < -0.4 is 4.90 Å². The molecule has 7 heteroatoms. The molecule has 1 N–H and O–H groups in total. The fourth-order valence-corrected chi connectivity index (χ4v) is 4.38. The maximum Gasteiger partial charge on any atom is 0.331 e. The van der Waals surface area contributed by atoms with Crippen LogP contribution in [0, 0.1) is 5.92 Å². The number of ether oxygens (including phenoxy) is 2. The topological polar surface area (TPSA) is 93.1 Å². The van der Waals surface area contributed by atoms with Gasteiger partial charge in [0.05, 0.1) is 13.7 Å². The van der Waals surface area contributed by atoms with Gasteiger partial charge >= 0.3 is 11.9 Å². The van der Waals surface area contributed by atoms with E-state index in [1.165, 1.54) is 19.3 Å². The molecule has 3 rings (SSSR count). The van der Waals surface area contributed by atoms with E-state index in [9.17, 15) is 19.5 Å². The summed E-state index contributed by atoms with van der Waals surface area (Å²) < 4.78 is 9.95. The molecule has 0 aromatic heterocycles. The van der Waals surface area contributed by atoms with Gasteiger partial charge in [0.1, 0.15) is 11.4 Å². The molecule has 0 spiro atoms. The summed E-state index contributed by atoms with van der Waals surface area (Å²) in [6.07, 6.45) is 10.8. The van der Waals surface area contributed by atoms with Gasteiger partial charge in [0.25, 0.3) is 0 Å². The summed E-state index contributed by atoms with van der Waals surface area (Å²) in [6, 6.07) is 12.5. The molecule has 1 saturated carbocycles. The molecule has 1 aliphatic carbocycles. The van der Waals surface area contributed by atoms with E-state index in [4.69, 9.17) is 4.74 Å². The molecular formula is C31H37NO6. The van der Waals surface area contributed by atoms with Crippen LogP contribution >= 0.6 is 0 Å². The van der Waals surface area contributed by atoms with Crippen LogP contribution in [-0.2, 0) is 30.4 Å².